The number of carbonyl (C=O) groups excluding carboxylic acids is 1. The van der Waals surface area contributed by atoms with Crippen molar-refractivity contribution < 1.29 is 9.53 Å². The molecule has 1 heterocycles. The molecule has 0 saturated carbocycles. The maximum absolute atomic E-state index is 12.0. The average molecular weight is 251 g/mol. The molecule has 1 saturated heterocycles. The second-order valence-corrected chi connectivity index (χ2v) is 4.20. The number of hydrogen-bond donors (Lipinski definition) is 1. The predicted octanol–water partition coefficient (Wildman–Crippen LogP) is 1.03. The minimum Gasteiger partial charge on any atom is -0.373 e. The highest BCUT2D eigenvalue weighted by Crippen LogP contribution is 2.12. The summed E-state index contributed by atoms with van der Waals surface area (Å²) in [5.74, 6) is 0.380. The number of ether oxygens (including phenoxy) is 1. The summed E-state index contributed by atoms with van der Waals surface area (Å²) in [6, 6.07) is 0. The fourth-order valence-corrected chi connectivity index (χ4v) is 1.93. The Morgan fingerprint density at radius 2 is 2.31 bits per heavy atom. The van der Waals surface area contributed by atoms with E-state index in [0.29, 0.717) is 26.2 Å². The lowest BCUT2D eigenvalue weighted by Gasteiger charge is -2.34. The first-order valence-electron chi connectivity index (χ1n) is 5.79. The molecule has 0 aromatic carbocycles. The van der Waals surface area contributed by atoms with Crippen molar-refractivity contribution in [3.05, 3.63) is 0 Å². The number of morpholine rings is 1. The molecule has 0 spiro atoms. The van der Waals surface area contributed by atoms with Gasteiger partial charge in [0.2, 0.25) is 5.91 Å². The molecule has 1 rings (SSSR count). The van der Waals surface area contributed by atoms with Gasteiger partial charge >= 0.3 is 0 Å². The number of amides is 1. The van der Waals surface area contributed by atoms with E-state index in [4.69, 9.17) is 10.5 Å². The number of halogens is 1. The summed E-state index contributed by atoms with van der Waals surface area (Å²) in [7, 11) is 0. The van der Waals surface area contributed by atoms with E-state index in [-0.39, 0.29) is 30.3 Å². The second kappa shape index (κ2) is 7.87. The standard InChI is InChI=1S/C11H22N2O2.ClH/c1-3-4-9(2)11(14)13-5-6-15-10(7-12)8-13;/h9-10H,3-8,12H2,1-2H3;1H. The summed E-state index contributed by atoms with van der Waals surface area (Å²) in [5, 5.41) is 0. The lowest BCUT2D eigenvalue weighted by molar-refractivity contribution is -0.142. The predicted molar refractivity (Wildman–Crippen MR) is 66.7 cm³/mol. The maximum Gasteiger partial charge on any atom is 0.225 e. The molecule has 1 fully saturated rings. The molecular formula is C11H23ClN2O2. The molecule has 1 aliphatic heterocycles. The van der Waals surface area contributed by atoms with Gasteiger partial charge in [0.15, 0.2) is 0 Å². The van der Waals surface area contributed by atoms with Gasteiger partial charge in [0.25, 0.3) is 0 Å². The van der Waals surface area contributed by atoms with Gasteiger partial charge < -0.3 is 15.4 Å². The second-order valence-electron chi connectivity index (χ2n) is 4.20. The van der Waals surface area contributed by atoms with Crippen LogP contribution in [0.15, 0.2) is 0 Å². The molecule has 2 atom stereocenters. The first-order chi connectivity index (χ1) is 7.19. The first-order valence-corrected chi connectivity index (χ1v) is 5.79. The first kappa shape index (κ1) is 15.7. The van der Waals surface area contributed by atoms with Gasteiger partial charge in [-0.15, -0.1) is 12.4 Å². The molecule has 5 heteroatoms. The van der Waals surface area contributed by atoms with Crippen LogP contribution in [0.1, 0.15) is 26.7 Å². The van der Waals surface area contributed by atoms with E-state index in [9.17, 15) is 4.79 Å². The van der Waals surface area contributed by atoms with Crippen LogP contribution >= 0.6 is 12.4 Å². The topological polar surface area (TPSA) is 55.6 Å². The van der Waals surface area contributed by atoms with Crippen LogP contribution in [0, 0.1) is 5.92 Å². The molecule has 0 aliphatic carbocycles. The van der Waals surface area contributed by atoms with Crippen molar-refractivity contribution in [2.24, 2.45) is 11.7 Å². The minimum atomic E-state index is 0. The van der Waals surface area contributed by atoms with E-state index in [1.54, 1.807) is 0 Å². The van der Waals surface area contributed by atoms with Crippen LogP contribution in [0.3, 0.4) is 0 Å². The fourth-order valence-electron chi connectivity index (χ4n) is 1.93. The van der Waals surface area contributed by atoms with Gasteiger partial charge in [0.05, 0.1) is 12.7 Å². The Balaban J connectivity index is 0.00000225. The van der Waals surface area contributed by atoms with Crippen LogP contribution in [0.25, 0.3) is 0 Å². The third-order valence-corrected chi connectivity index (χ3v) is 2.86. The summed E-state index contributed by atoms with van der Waals surface area (Å²) >= 11 is 0. The van der Waals surface area contributed by atoms with Crippen molar-refractivity contribution in [2.45, 2.75) is 32.8 Å². The summed E-state index contributed by atoms with van der Waals surface area (Å²) in [6.07, 6.45) is 2.04. The number of rotatable bonds is 4. The fraction of sp³-hybridized carbons (Fsp3) is 0.909. The molecule has 16 heavy (non-hydrogen) atoms. The van der Waals surface area contributed by atoms with Crippen LogP contribution in [0.5, 0.6) is 0 Å². The highest BCUT2D eigenvalue weighted by molar-refractivity contribution is 5.85. The monoisotopic (exact) mass is 250 g/mol. The normalized spacial score (nSPS) is 22.4. The zero-order valence-electron chi connectivity index (χ0n) is 10.1. The summed E-state index contributed by atoms with van der Waals surface area (Å²) in [5.41, 5.74) is 5.54. The largest absolute Gasteiger partial charge is 0.373 e. The highest BCUT2D eigenvalue weighted by Gasteiger charge is 2.25. The van der Waals surface area contributed by atoms with E-state index in [2.05, 4.69) is 6.92 Å². The van der Waals surface area contributed by atoms with E-state index >= 15 is 0 Å². The Bertz CT molecular complexity index is 214. The van der Waals surface area contributed by atoms with Crippen molar-refractivity contribution >= 4 is 18.3 Å². The molecule has 1 amide bonds. The van der Waals surface area contributed by atoms with Gasteiger partial charge in [-0.3, -0.25) is 4.79 Å². The molecule has 0 radical (unpaired) electrons. The molecular weight excluding hydrogens is 228 g/mol. The van der Waals surface area contributed by atoms with E-state index < -0.39 is 0 Å². The Labute approximate surface area is 104 Å². The molecule has 0 bridgehead atoms. The van der Waals surface area contributed by atoms with Crippen molar-refractivity contribution in [1.29, 1.82) is 0 Å². The van der Waals surface area contributed by atoms with Gasteiger partial charge in [0.1, 0.15) is 0 Å². The van der Waals surface area contributed by atoms with Crippen LogP contribution in [-0.2, 0) is 9.53 Å². The van der Waals surface area contributed by atoms with Crippen LogP contribution in [0.4, 0.5) is 0 Å². The van der Waals surface area contributed by atoms with Crippen LogP contribution in [0.2, 0.25) is 0 Å². The van der Waals surface area contributed by atoms with Gasteiger partial charge in [-0.1, -0.05) is 20.3 Å². The van der Waals surface area contributed by atoms with E-state index in [0.717, 1.165) is 12.8 Å². The lowest BCUT2D eigenvalue weighted by atomic mass is 10.0. The molecule has 1 aliphatic rings. The van der Waals surface area contributed by atoms with Gasteiger partial charge in [-0.2, -0.15) is 0 Å². The Morgan fingerprint density at radius 1 is 1.62 bits per heavy atom. The highest BCUT2D eigenvalue weighted by atomic mass is 35.5. The zero-order valence-corrected chi connectivity index (χ0v) is 11.0. The molecule has 0 aromatic rings. The van der Waals surface area contributed by atoms with Crippen LogP contribution in [-0.4, -0.2) is 43.2 Å². The third-order valence-electron chi connectivity index (χ3n) is 2.86. The van der Waals surface area contributed by atoms with Gasteiger partial charge in [-0.05, 0) is 6.42 Å². The maximum atomic E-state index is 12.0. The quantitative estimate of drug-likeness (QED) is 0.811. The van der Waals surface area contributed by atoms with E-state index in [1.807, 2.05) is 11.8 Å². The number of hydrogen-bond acceptors (Lipinski definition) is 3. The van der Waals surface area contributed by atoms with Crippen molar-refractivity contribution in [3.8, 4) is 0 Å². The van der Waals surface area contributed by atoms with Gasteiger partial charge in [-0.25, -0.2) is 0 Å². The summed E-state index contributed by atoms with van der Waals surface area (Å²) in [4.78, 5) is 13.9. The molecule has 2 unspecified atom stereocenters. The van der Waals surface area contributed by atoms with Crippen molar-refractivity contribution in [1.82, 2.24) is 4.90 Å². The average Bonchev–Trinajstić information content (AvgIpc) is 2.28. The Kier molecular flexibility index (Phi) is 7.72. The number of nitrogens with zero attached hydrogens (tertiary/aromatic N) is 1. The SMILES string of the molecule is CCCC(C)C(=O)N1CCOC(CN)C1.Cl. The molecule has 2 N–H and O–H groups in total. The smallest absolute Gasteiger partial charge is 0.225 e. The Hall–Kier alpha value is -0.320. The zero-order chi connectivity index (χ0) is 11.3. The van der Waals surface area contributed by atoms with Gasteiger partial charge in [0, 0.05) is 25.6 Å². The summed E-state index contributed by atoms with van der Waals surface area (Å²) < 4.78 is 5.43. The van der Waals surface area contributed by atoms with E-state index in [1.165, 1.54) is 0 Å². The van der Waals surface area contributed by atoms with Crippen molar-refractivity contribution in [3.63, 3.8) is 0 Å². The minimum absolute atomic E-state index is 0. The number of carbonyl (C=O) groups is 1. The summed E-state index contributed by atoms with van der Waals surface area (Å²) in [6.45, 7) is 6.58. The van der Waals surface area contributed by atoms with Crippen molar-refractivity contribution in [2.75, 3.05) is 26.2 Å². The van der Waals surface area contributed by atoms with Crippen LogP contribution < -0.4 is 5.73 Å². The number of nitrogens with two attached hydrogens (primary N) is 1. The third kappa shape index (κ3) is 4.28. The molecule has 4 nitrogen and oxygen atoms in total. The molecule has 96 valence electrons. The molecule has 0 aromatic heterocycles. The lowest BCUT2D eigenvalue weighted by Crippen LogP contribution is -2.49. The Morgan fingerprint density at radius 3 is 2.88 bits per heavy atom.